The lowest BCUT2D eigenvalue weighted by Crippen LogP contribution is -2.51. The van der Waals surface area contributed by atoms with Gasteiger partial charge in [0.05, 0.1) is 18.1 Å². The molecule has 0 bridgehead atoms. The minimum absolute atomic E-state index is 0.488. The number of hydrogen-bond donors (Lipinski definition) is 2. The summed E-state index contributed by atoms with van der Waals surface area (Å²) in [5.74, 6) is 0. The number of carbonyl (C=O) groups excluding carboxylic acids is 1. The molecular formula is C11H14ClN3O3S. The highest BCUT2D eigenvalue weighted by Crippen LogP contribution is 2.11. The monoisotopic (exact) mass is 303 g/mol. The third kappa shape index (κ3) is 4.46. The van der Waals surface area contributed by atoms with Crippen molar-refractivity contribution in [3.8, 4) is 0 Å². The van der Waals surface area contributed by atoms with Gasteiger partial charge in [-0.15, -0.1) is 0 Å². The number of hydrogen-bond acceptors (Lipinski definition) is 4. The molecule has 1 unspecified atom stereocenters. The van der Waals surface area contributed by atoms with Crippen molar-refractivity contribution in [2.45, 2.75) is 4.90 Å². The van der Waals surface area contributed by atoms with E-state index in [1.165, 1.54) is 0 Å². The van der Waals surface area contributed by atoms with Gasteiger partial charge < -0.3 is 4.74 Å². The van der Waals surface area contributed by atoms with Crippen LogP contribution in [0.1, 0.15) is 0 Å². The predicted molar refractivity (Wildman–Crippen MR) is 71.9 cm³/mol. The van der Waals surface area contributed by atoms with Crippen molar-refractivity contribution in [2.75, 3.05) is 26.3 Å². The van der Waals surface area contributed by atoms with Crippen LogP contribution in [0.3, 0.4) is 0 Å². The number of morpholine rings is 1. The van der Waals surface area contributed by atoms with Crippen molar-refractivity contribution in [1.82, 2.24) is 15.2 Å². The molecule has 104 valence electrons. The van der Waals surface area contributed by atoms with Crippen LogP contribution in [0.25, 0.3) is 0 Å². The molecule has 2 rings (SSSR count). The summed E-state index contributed by atoms with van der Waals surface area (Å²) in [7, 11) is -1.60. The Kier molecular flexibility index (Phi) is 5.15. The van der Waals surface area contributed by atoms with Crippen LogP contribution in [0.5, 0.6) is 0 Å². The lowest BCUT2D eigenvalue weighted by Gasteiger charge is -2.26. The molecule has 0 aromatic heterocycles. The van der Waals surface area contributed by atoms with E-state index in [1.54, 1.807) is 29.3 Å². The highest BCUT2D eigenvalue weighted by atomic mass is 35.5. The SMILES string of the molecule is O=C(NN1CCOCC1)NS(=O)c1ccc(Cl)cc1. The third-order valence-corrected chi connectivity index (χ3v) is 3.81. The normalized spacial score (nSPS) is 17.7. The number of amides is 2. The van der Waals surface area contributed by atoms with Gasteiger partial charge in [-0.25, -0.2) is 14.0 Å². The molecule has 1 heterocycles. The highest BCUT2D eigenvalue weighted by molar-refractivity contribution is 7.83. The summed E-state index contributed by atoms with van der Waals surface area (Å²) in [6.45, 7) is 2.36. The standard InChI is InChI=1S/C11H14ClN3O3S/c12-9-1-3-10(4-2-9)19(17)14-11(16)13-15-5-7-18-8-6-15/h1-4H,5-8H2,(H2,13,14,16). The van der Waals surface area contributed by atoms with Crippen LogP contribution in [-0.2, 0) is 15.7 Å². The molecule has 1 aromatic rings. The largest absolute Gasteiger partial charge is 0.379 e. The topological polar surface area (TPSA) is 70.7 Å². The van der Waals surface area contributed by atoms with Gasteiger partial charge in [0, 0.05) is 18.1 Å². The van der Waals surface area contributed by atoms with Gasteiger partial charge in [0.25, 0.3) is 0 Å². The van der Waals surface area contributed by atoms with Crippen LogP contribution in [-0.4, -0.2) is 41.6 Å². The number of ether oxygens (including phenoxy) is 1. The quantitative estimate of drug-likeness (QED) is 0.871. The summed E-state index contributed by atoms with van der Waals surface area (Å²) in [6, 6.07) is 5.95. The molecule has 1 fully saturated rings. The van der Waals surface area contributed by atoms with Crippen LogP contribution in [0.4, 0.5) is 4.79 Å². The fourth-order valence-corrected chi connectivity index (χ4v) is 2.38. The Labute approximate surface area is 118 Å². The van der Waals surface area contributed by atoms with Crippen molar-refractivity contribution < 1.29 is 13.7 Å². The predicted octanol–water partition coefficient (Wildman–Crippen LogP) is 0.909. The van der Waals surface area contributed by atoms with E-state index in [4.69, 9.17) is 16.3 Å². The molecule has 1 saturated heterocycles. The van der Waals surface area contributed by atoms with Gasteiger partial charge >= 0.3 is 6.03 Å². The van der Waals surface area contributed by atoms with Crippen molar-refractivity contribution in [1.29, 1.82) is 0 Å². The minimum atomic E-state index is -1.60. The number of nitrogens with one attached hydrogen (secondary N) is 2. The molecule has 0 spiro atoms. The van der Waals surface area contributed by atoms with Crippen LogP contribution in [0, 0.1) is 0 Å². The number of rotatable bonds is 3. The highest BCUT2D eigenvalue weighted by Gasteiger charge is 2.14. The van der Waals surface area contributed by atoms with Crippen LogP contribution < -0.4 is 10.1 Å². The molecular weight excluding hydrogens is 290 g/mol. The second-order valence-corrected chi connectivity index (χ2v) is 5.51. The number of halogens is 1. The van der Waals surface area contributed by atoms with Gasteiger partial charge in [-0.1, -0.05) is 11.6 Å². The molecule has 1 aliphatic rings. The lowest BCUT2D eigenvalue weighted by atomic mass is 10.4. The van der Waals surface area contributed by atoms with Gasteiger partial charge in [-0.2, -0.15) is 0 Å². The molecule has 0 saturated carbocycles. The first-order chi connectivity index (χ1) is 9.15. The maximum absolute atomic E-state index is 11.9. The average Bonchev–Trinajstić information content (AvgIpc) is 2.40. The molecule has 1 atom stereocenters. The first-order valence-corrected chi connectivity index (χ1v) is 7.25. The Bertz CT molecular complexity index is 463. The summed E-state index contributed by atoms with van der Waals surface area (Å²) in [4.78, 5) is 12.1. The first-order valence-electron chi connectivity index (χ1n) is 5.72. The number of benzene rings is 1. The second-order valence-electron chi connectivity index (χ2n) is 3.87. The summed E-state index contributed by atoms with van der Waals surface area (Å²) < 4.78 is 19.4. The van der Waals surface area contributed by atoms with Gasteiger partial charge in [0.15, 0.2) is 11.0 Å². The summed E-state index contributed by atoms with van der Waals surface area (Å²) in [5.41, 5.74) is 2.62. The van der Waals surface area contributed by atoms with Crippen LogP contribution in [0.15, 0.2) is 29.2 Å². The van der Waals surface area contributed by atoms with E-state index in [0.717, 1.165) is 0 Å². The van der Waals surface area contributed by atoms with Crippen molar-refractivity contribution in [2.24, 2.45) is 0 Å². The fourth-order valence-electron chi connectivity index (χ4n) is 1.54. The van der Waals surface area contributed by atoms with Gasteiger partial charge in [0.2, 0.25) is 0 Å². The van der Waals surface area contributed by atoms with Crippen LogP contribution in [0.2, 0.25) is 5.02 Å². The Morgan fingerprint density at radius 2 is 1.89 bits per heavy atom. The zero-order valence-corrected chi connectivity index (χ0v) is 11.7. The van der Waals surface area contributed by atoms with E-state index >= 15 is 0 Å². The molecule has 19 heavy (non-hydrogen) atoms. The minimum Gasteiger partial charge on any atom is -0.379 e. The molecule has 2 amide bonds. The number of urea groups is 1. The zero-order valence-electron chi connectivity index (χ0n) is 10.1. The van der Waals surface area contributed by atoms with E-state index in [1.807, 2.05) is 0 Å². The molecule has 1 aliphatic heterocycles. The van der Waals surface area contributed by atoms with Crippen LogP contribution >= 0.6 is 11.6 Å². The molecule has 0 aliphatic carbocycles. The Balaban J connectivity index is 1.84. The smallest absolute Gasteiger partial charge is 0.341 e. The molecule has 6 nitrogen and oxygen atoms in total. The van der Waals surface area contributed by atoms with Crippen molar-refractivity contribution in [3.05, 3.63) is 29.3 Å². The van der Waals surface area contributed by atoms with Crippen molar-refractivity contribution >= 4 is 28.6 Å². The van der Waals surface area contributed by atoms with Gasteiger partial charge in [-0.05, 0) is 24.3 Å². The van der Waals surface area contributed by atoms with Gasteiger partial charge in [0.1, 0.15) is 0 Å². The summed E-state index contributed by atoms with van der Waals surface area (Å²) in [6.07, 6.45) is 0. The van der Waals surface area contributed by atoms with E-state index in [-0.39, 0.29) is 0 Å². The molecule has 8 heteroatoms. The van der Waals surface area contributed by atoms with E-state index in [0.29, 0.717) is 36.2 Å². The lowest BCUT2D eigenvalue weighted by molar-refractivity contribution is 0.0200. The number of hydrazine groups is 1. The van der Waals surface area contributed by atoms with E-state index in [9.17, 15) is 9.00 Å². The Morgan fingerprint density at radius 3 is 2.53 bits per heavy atom. The van der Waals surface area contributed by atoms with E-state index in [2.05, 4.69) is 10.1 Å². The first kappa shape index (κ1) is 14.3. The second kappa shape index (κ2) is 6.85. The van der Waals surface area contributed by atoms with Crippen molar-refractivity contribution in [3.63, 3.8) is 0 Å². The van der Waals surface area contributed by atoms with E-state index < -0.39 is 17.0 Å². The molecule has 2 N–H and O–H groups in total. The summed E-state index contributed by atoms with van der Waals surface area (Å²) >= 11 is 5.73. The summed E-state index contributed by atoms with van der Waals surface area (Å²) in [5, 5.41) is 2.27. The maximum atomic E-state index is 11.9. The maximum Gasteiger partial charge on any atom is 0.341 e. The Hall–Kier alpha value is -1.15. The average molecular weight is 304 g/mol. The molecule has 1 aromatic carbocycles. The fraction of sp³-hybridized carbons (Fsp3) is 0.364. The number of nitrogens with zero attached hydrogens (tertiary/aromatic N) is 1. The Morgan fingerprint density at radius 1 is 1.26 bits per heavy atom. The number of carbonyl (C=O) groups is 1. The third-order valence-electron chi connectivity index (χ3n) is 2.48. The molecule has 0 radical (unpaired) electrons. The van der Waals surface area contributed by atoms with Gasteiger partial charge in [-0.3, -0.25) is 10.1 Å². The zero-order chi connectivity index (χ0) is 13.7.